The van der Waals surface area contributed by atoms with Crippen molar-refractivity contribution in [3.63, 3.8) is 0 Å². The fraction of sp³-hybridized carbons (Fsp3) is 0.455. The van der Waals surface area contributed by atoms with Crippen molar-refractivity contribution in [2.24, 2.45) is 0 Å². The first-order valence-electron chi connectivity index (χ1n) is 4.55. The van der Waals surface area contributed by atoms with Crippen LogP contribution in [0.15, 0.2) is 18.2 Å². The molecule has 1 rings (SSSR count). The number of rotatable bonds is 4. The van der Waals surface area contributed by atoms with E-state index in [1.807, 2.05) is 13.1 Å². The molecule has 1 heteroatoms. The maximum atomic E-state index is 3.12. The van der Waals surface area contributed by atoms with Crippen LogP contribution in [-0.2, 0) is 6.42 Å². The molecule has 1 nitrogen and oxygen atoms in total. The highest BCUT2D eigenvalue weighted by atomic mass is 14.8. The standard InChI is InChI=1S/C11H16N/c1-3-4-6-10-7-5-8-11(9-10)12-2/h5,7,9,12H,3-4,6H2,1-2H3. The van der Waals surface area contributed by atoms with Crippen LogP contribution in [0, 0.1) is 6.07 Å². The van der Waals surface area contributed by atoms with E-state index in [0.717, 1.165) is 5.69 Å². The zero-order valence-electron chi connectivity index (χ0n) is 7.85. The summed E-state index contributed by atoms with van der Waals surface area (Å²) in [4.78, 5) is 0. The number of hydrogen-bond donors (Lipinski definition) is 1. The van der Waals surface area contributed by atoms with E-state index in [1.165, 1.54) is 24.8 Å². The van der Waals surface area contributed by atoms with E-state index >= 15 is 0 Å². The Morgan fingerprint density at radius 2 is 2.33 bits per heavy atom. The lowest BCUT2D eigenvalue weighted by Crippen LogP contribution is -1.90. The highest BCUT2D eigenvalue weighted by Crippen LogP contribution is 2.11. The van der Waals surface area contributed by atoms with E-state index in [0.29, 0.717) is 0 Å². The molecule has 0 unspecified atom stereocenters. The van der Waals surface area contributed by atoms with Crippen molar-refractivity contribution in [2.45, 2.75) is 26.2 Å². The maximum Gasteiger partial charge on any atom is 0.0420 e. The average Bonchev–Trinajstić information content (AvgIpc) is 2.15. The van der Waals surface area contributed by atoms with Crippen LogP contribution in [0.5, 0.6) is 0 Å². The maximum absolute atomic E-state index is 3.12. The molecular weight excluding hydrogens is 146 g/mol. The molecule has 0 aliphatic carbocycles. The van der Waals surface area contributed by atoms with Crippen molar-refractivity contribution in [2.75, 3.05) is 12.4 Å². The Balaban J connectivity index is 2.60. The Kier molecular flexibility index (Phi) is 3.65. The summed E-state index contributed by atoms with van der Waals surface area (Å²) in [6, 6.07) is 9.40. The monoisotopic (exact) mass is 162 g/mol. The average molecular weight is 162 g/mol. The van der Waals surface area contributed by atoms with Gasteiger partial charge in [-0.15, -0.1) is 0 Å². The molecule has 65 valence electrons. The molecule has 0 atom stereocenters. The largest absolute Gasteiger partial charge is 0.388 e. The predicted molar refractivity (Wildman–Crippen MR) is 53.4 cm³/mol. The second-order valence-corrected chi connectivity index (χ2v) is 2.96. The molecule has 0 saturated carbocycles. The van der Waals surface area contributed by atoms with Gasteiger partial charge in [0, 0.05) is 18.8 Å². The molecule has 1 N–H and O–H groups in total. The normalized spacial score (nSPS) is 9.83. The second-order valence-electron chi connectivity index (χ2n) is 2.96. The van der Waals surface area contributed by atoms with E-state index in [2.05, 4.69) is 30.4 Å². The van der Waals surface area contributed by atoms with Crippen molar-refractivity contribution in [3.8, 4) is 0 Å². The molecule has 0 amide bonds. The van der Waals surface area contributed by atoms with Crippen LogP contribution in [0.25, 0.3) is 0 Å². The summed E-state index contributed by atoms with van der Waals surface area (Å²) >= 11 is 0. The third-order valence-corrected chi connectivity index (χ3v) is 1.95. The SMILES string of the molecule is CCCCc1cc[c]c(NC)c1. The molecule has 0 saturated heterocycles. The fourth-order valence-electron chi connectivity index (χ4n) is 1.19. The zero-order chi connectivity index (χ0) is 8.81. The predicted octanol–water partition coefficient (Wildman–Crippen LogP) is 2.87. The zero-order valence-corrected chi connectivity index (χ0v) is 7.85. The fourth-order valence-corrected chi connectivity index (χ4v) is 1.19. The minimum absolute atomic E-state index is 1.09. The van der Waals surface area contributed by atoms with Gasteiger partial charge in [0.15, 0.2) is 0 Å². The van der Waals surface area contributed by atoms with Gasteiger partial charge in [-0.25, -0.2) is 0 Å². The van der Waals surface area contributed by atoms with Crippen molar-refractivity contribution in [1.82, 2.24) is 0 Å². The molecule has 1 aromatic carbocycles. The summed E-state index contributed by atoms with van der Waals surface area (Å²) in [6.45, 7) is 2.22. The lowest BCUT2D eigenvalue weighted by molar-refractivity contribution is 0.795. The minimum atomic E-state index is 1.09. The number of benzene rings is 1. The van der Waals surface area contributed by atoms with Crippen LogP contribution in [0.2, 0.25) is 0 Å². The molecular formula is C11H16N. The van der Waals surface area contributed by atoms with Gasteiger partial charge in [0.1, 0.15) is 0 Å². The first kappa shape index (κ1) is 9.11. The first-order chi connectivity index (χ1) is 5.86. The molecule has 1 radical (unpaired) electrons. The van der Waals surface area contributed by atoms with Crippen molar-refractivity contribution >= 4 is 5.69 Å². The smallest absolute Gasteiger partial charge is 0.0420 e. The van der Waals surface area contributed by atoms with Crippen LogP contribution in [0.1, 0.15) is 25.3 Å². The Morgan fingerprint density at radius 1 is 1.50 bits per heavy atom. The van der Waals surface area contributed by atoms with Gasteiger partial charge in [0.25, 0.3) is 0 Å². The number of hydrogen-bond acceptors (Lipinski definition) is 1. The van der Waals surface area contributed by atoms with Gasteiger partial charge in [-0.2, -0.15) is 0 Å². The molecule has 0 spiro atoms. The third-order valence-electron chi connectivity index (χ3n) is 1.95. The van der Waals surface area contributed by atoms with Crippen LogP contribution in [0.3, 0.4) is 0 Å². The van der Waals surface area contributed by atoms with Gasteiger partial charge in [-0.05, 0) is 24.5 Å². The van der Waals surface area contributed by atoms with Crippen molar-refractivity contribution in [3.05, 3.63) is 29.8 Å². The van der Waals surface area contributed by atoms with Crippen LogP contribution < -0.4 is 5.32 Å². The van der Waals surface area contributed by atoms with Crippen molar-refractivity contribution < 1.29 is 0 Å². The van der Waals surface area contributed by atoms with E-state index in [9.17, 15) is 0 Å². The summed E-state index contributed by atoms with van der Waals surface area (Å²) in [5.74, 6) is 0. The summed E-state index contributed by atoms with van der Waals surface area (Å²) in [6.07, 6.45) is 3.71. The molecule has 12 heavy (non-hydrogen) atoms. The lowest BCUT2D eigenvalue weighted by atomic mass is 10.1. The van der Waals surface area contributed by atoms with E-state index < -0.39 is 0 Å². The molecule has 0 fully saturated rings. The topological polar surface area (TPSA) is 12.0 Å². The minimum Gasteiger partial charge on any atom is -0.388 e. The van der Waals surface area contributed by atoms with Gasteiger partial charge < -0.3 is 5.32 Å². The summed E-state index contributed by atoms with van der Waals surface area (Å²) in [5.41, 5.74) is 2.49. The molecule has 0 heterocycles. The summed E-state index contributed by atoms with van der Waals surface area (Å²) in [7, 11) is 1.93. The number of anilines is 1. The summed E-state index contributed by atoms with van der Waals surface area (Å²) < 4.78 is 0. The van der Waals surface area contributed by atoms with Gasteiger partial charge in [0.05, 0.1) is 0 Å². The number of unbranched alkanes of at least 4 members (excludes halogenated alkanes) is 1. The molecule has 0 aliphatic heterocycles. The molecule has 0 aromatic heterocycles. The van der Waals surface area contributed by atoms with Gasteiger partial charge in [-0.3, -0.25) is 0 Å². The molecule has 1 aromatic rings. The van der Waals surface area contributed by atoms with Gasteiger partial charge >= 0.3 is 0 Å². The van der Waals surface area contributed by atoms with Crippen LogP contribution >= 0.6 is 0 Å². The first-order valence-corrected chi connectivity index (χ1v) is 4.55. The van der Waals surface area contributed by atoms with E-state index in [4.69, 9.17) is 0 Å². The molecule has 0 bridgehead atoms. The van der Waals surface area contributed by atoms with E-state index in [-0.39, 0.29) is 0 Å². The third kappa shape index (κ3) is 2.57. The molecule has 0 aliphatic rings. The number of nitrogens with one attached hydrogen (secondary N) is 1. The lowest BCUT2D eigenvalue weighted by Gasteiger charge is -2.02. The highest BCUT2D eigenvalue weighted by molar-refractivity contribution is 5.43. The Hall–Kier alpha value is -0.980. The van der Waals surface area contributed by atoms with Crippen molar-refractivity contribution in [1.29, 1.82) is 0 Å². The highest BCUT2D eigenvalue weighted by Gasteiger charge is 1.93. The number of aryl methyl sites for hydroxylation is 1. The van der Waals surface area contributed by atoms with Crippen LogP contribution in [0.4, 0.5) is 5.69 Å². The van der Waals surface area contributed by atoms with Gasteiger partial charge in [0.2, 0.25) is 0 Å². The summed E-state index contributed by atoms with van der Waals surface area (Å²) in [5, 5.41) is 3.09. The van der Waals surface area contributed by atoms with Gasteiger partial charge in [-0.1, -0.05) is 25.5 Å². The second kappa shape index (κ2) is 4.81. The Morgan fingerprint density at radius 3 is 3.00 bits per heavy atom. The Bertz CT molecular complexity index is 230. The van der Waals surface area contributed by atoms with E-state index in [1.54, 1.807) is 0 Å². The van der Waals surface area contributed by atoms with Crippen LogP contribution in [-0.4, -0.2) is 7.05 Å². The Labute approximate surface area is 74.8 Å². The quantitative estimate of drug-likeness (QED) is 0.717.